The zero-order valence-corrected chi connectivity index (χ0v) is 34.3. The van der Waals surface area contributed by atoms with Gasteiger partial charge in [0, 0.05) is 38.1 Å². The zero-order chi connectivity index (χ0) is 39.7. The molecule has 306 valence electrons. The number of ether oxygens (including phenoxy) is 6. The van der Waals surface area contributed by atoms with Crippen LogP contribution in [0, 0.1) is 17.8 Å². The molecule has 0 aromatic heterocycles. The lowest BCUT2D eigenvalue weighted by molar-refractivity contribution is -0.311. The van der Waals surface area contributed by atoms with E-state index in [4.69, 9.17) is 34.2 Å². The molecule has 0 aromatic carbocycles. The van der Waals surface area contributed by atoms with Crippen LogP contribution in [-0.4, -0.2) is 161 Å². The maximum atomic E-state index is 14.2. The number of rotatable bonds is 7. The lowest BCUT2D eigenvalue weighted by Crippen LogP contribution is -2.62. The number of hydrogen-bond donors (Lipinski definition) is 5. The first-order valence-electron chi connectivity index (χ1n) is 19.2. The summed E-state index contributed by atoms with van der Waals surface area (Å²) in [6, 6.07) is -0.938. The summed E-state index contributed by atoms with van der Waals surface area (Å²) in [6.45, 7) is 18.3. The van der Waals surface area contributed by atoms with Gasteiger partial charge in [0.05, 0.1) is 53.7 Å². The highest BCUT2D eigenvalue weighted by molar-refractivity contribution is 5.73. The van der Waals surface area contributed by atoms with Gasteiger partial charge in [0.25, 0.3) is 0 Å². The van der Waals surface area contributed by atoms with Gasteiger partial charge in [-0.1, -0.05) is 20.8 Å². The average molecular weight is 748 g/mol. The molecule has 3 aliphatic rings. The molecule has 3 saturated heterocycles. The van der Waals surface area contributed by atoms with Crippen LogP contribution in [0.15, 0.2) is 0 Å². The lowest BCUT2D eigenvalue weighted by Gasteiger charge is -2.49. The number of nitrogens with two attached hydrogens (primary N) is 1. The van der Waals surface area contributed by atoms with E-state index in [1.54, 1.807) is 27.9 Å². The average Bonchev–Trinajstić information content (AvgIpc) is 3.06. The van der Waals surface area contributed by atoms with Gasteiger partial charge in [0.2, 0.25) is 0 Å². The monoisotopic (exact) mass is 748 g/mol. The minimum Gasteiger partial charge on any atom is -0.459 e. The van der Waals surface area contributed by atoms with Crippen LogP contribution in [0.2, 0.25) is 0 Å². The van der Waals surface area contributed by atoms with Crippen LogP contribution in [-0.2, 0) is 33.2 Å². The fourth-order valence-corrected chi connectivity index (χ4v) is 8.68. The van der Waals surface area contributed by atoms with Gasteiger partial charge < -0.3 is 64.4 Å². The van der Waals surface area contributed by atoms with Gasteiger partial charge in [-0.3, -0.25) is 4.79 Å². The highest BCUT2D eigenvalue weighted by atomic mass is 16.7. The van der Waals surface area contributed by atoms with Crippen LogP contribution in [0.5, 0.6) is 0 Å². The molecule has 3 rings (SSSR count). The number of cyclic esters (lactones) is 1. The van der Waals surface area contributed by atoms with Crippen LogP contribution in [0.1, 0.15) is 94.9 Å². The molecule has 18 atom stereocenters. The minimum absolute atomic E-state index is 0.212. The lowest BCUT2D eigenvalue weighted by atomic mass is 9.78. The number of methoxy groups -OCH3 is 1. The third kappa shape index (κ3) is 10.0. The van der Waals surface area contributed by atoms with Crippen molar-refractivity contribution in [2.75, 3.05) is 34.8 Å². The Morgan fingerprint density at radius 1 is 1.00 bits per heavy atom. The molecule has 52 heavy (non-hydrogen) atoms. The van der Waals surface area contributed by atoms with Crippen molar-refractivity contribution in [3.63, 3.8) is 0 Å². The van der Waals surface area contributed by atoms with E-state index in [1.165, 1.54) is 6.92 Å². The maximum absolute atomic E-state index is 14.2. The van der Waals surface area contributed by atoms with E-state index in [9.17, 15) is 25.2 Å². The summed E-state index contributed by atoms with van der Waals surface area (Å²) in [4.78, 5) is 18.2. The fraction of sp³-hybridized carbons (Fsp3) is 0.974. The largest absolute Gasteiger partial charge is 0.459 e. The Balaban J connectivity index is 2.18. The van der Waals surface area contributed by atoms with E-state index < -0.39 is 95.8 Å². The Kier molecular flexibility index (Phi) is 15.6. The first-order valence-corrected chi connectivity index (χ1v) is 19.2. The first kappa shape index (κ1) is 45.4. The fourth-order valence-electron chi connectivity index (χ4n) is 8.68. The van der Waals surface area contributed by atoms with Crippen molar-refractivity contribution in [1.29, 1.82) is 0 Å². The number of aliphatic hydroxyl groups is 4. The standard InChI is InChI=1S/C38H73N3O11/c1-15-27-38(10,46)32(43)20(2)19-41(13)21(3)17-36(8,45)33(52-35-29(42)26(40(11)12)16-22(4)48-35)23(5)30(24(6)34(44)50-27)51-28-18-37(9,47-14)31(39)25(7)49-28/h20-33,35,42-43,45-46H,15-19,39H2,1-14H3/t20-,21-,22-,23+,24-,25+,26+,27?,28+,29-,30-,31-,32-,33-,35+,36-,37-,38-/m1/s1. The molecule has 0 bridgehead atoms. The van der Waals surface area contributed by atoms with Crippen LogP contribution >= 0.6 is 0 Å². The molecule has 0 radical (unpaired) electrons. The summed E-state index contributed by atoms with van der Waals surface area (Å²) in [6.07, 6.45) is -6.65. The van der Waals surface area contributed by atoms with Crippen molar-refractivity contribution in [2.24, 2.45) is 23.5 Å². The number of aliphatic hydroxyl groups excluding tert-OH is 2. The third-order valence-corrected chi connectivity index (χ3v) is 12.4. The van der Waals surface area contributed by atoms with Gasteiger partial charge in [-0.25, -0.2) is 0 Å². The van der Waals surface area contributed by atoms with E-state index in [0.717, 1.165) is 0 Å². The topological polar surface area (TPSA) is 186 Å². The second-order valence-electron chi connectivity index (χ2n) is 17.2. The molecule has 3 aliphatic heterocycles. The summed E-state index contributed by atoms with van der Waals surface area (Å²) in [7, 11) is 7.27. The van der Waals surface area contributed by atoms with Crippen LogP contribution in [0.3, 0.4) is 0 Å². The normalized spacial score (nSPS) is 49.6. The zero-order valence-electron chi connectivity index (χ0n) is 34.3. The van der Waals surface area contributed by atoms with Crippen molar-refractivity contribution < 1.29 is 53.6 Å². The second kappa shape index (κ2) is 17.8. The van der Waals surface area contributed by atoms with Gasteiger partial charge in [0.15, 0.2) is 12.6 Å². The summed E-state index contributed by atoms with van der Waals surface area (Å²) in [5.74, 6) is -2.78. The molecule has 1 unspecified atom stereocenters. The predicted molar refractivity (Wildman–Crippen MR) is 196 cm³/mol. The summed E-state index contributed by atoms with van der Waals surface area (Å²) in [5, 5.41) is 47.2. The van der Waals surface area contributed by atoms with Gasteiger partial charge in [0.1, 0.15) is 17.8 Å². The highest BCUT2D eigenvalue weighted by Crippen LogP contribution is 2.39. The number of hydrogen-bond acceptors (Lipinski definition) is 14. The molecule has 14 nitrogen and oxygen atoms in total. The predicted octanol–water partition coefficient (Wildman–Crippen LogP) is 1.87. The van der Waals surface area contributed by atoms with E-state index in [2.05, 4.69) is 0 Å². The maximum Gasteiger partial charge on any atom is 0.311 e. The van der Waals surface area contributed by atoms with Gasteiger partial charge in [-0.05, 0) is 94.8 Å². The third-order valence-electron chi connectivity index (χ3n) is 12.4. The molecular weight excluding hydrogens is 674 g/mol. The quantitative estimate of drug-likeness (QED) is 0.238. The van der Waals surface area contributed by atoms with Crippen molar-refractivity contribution in [3.05, 3.63) is 0 Å². The highest BCUT2D eigenvalue weighted by Gasteiger charge is 2.52. The molecule has 0 aromatic rings. The van der Waals surface area contributed by atoms with Crippen LogP contribution in [0.4, 0.5) is 0 Å². The molecule has 0 spiro atoms. The van der Waals surface area contributed by atoms with Crippen molar-refractivity contribution >= 4 is 5.97 Å². The smallest absolute Gasteiger partial charge is 0.311 e. The SMILES string of the molecule is CCC1OC(=O)[C@H](C)[C@H](O[C@H]2C[C@@](C)(OC)[C@H](N)[C@H](C)O2)[C@H](C)[C@@H](O[C@@H]2O[C@H](C)C[C@H](N(C)C)[C@H]2O)[C@](C)(O)C[C@@H](C)N(C)C[C@@H](C)[C@@H](O)[C@]1(C)O. The summed E-state index contributed by atoms with van der Waals surface area (Å²) < 4.78 is 37.9. The summed E-state index contributed by atoms with van der Waals surface area (Å²) in [5.41, 5.74) is 2.37. The molecule has 0 aliphatic carbocycles. The van der Waals surface area contributed by atoms with E-state index in [-0.39, 0.29) is 37.5 Å². The van der Waals surface area contributed by atoms with Crippen molar-refractivity contribution in [3.8, 4) is 0 Å². The molecule has 0 saturated carbocycles. The van der Waals surface area contributed by atoms with Crippen molar-refractivity contribution in [2.45, 2.75) is 185 Å². The molecule has 3 heterocycles. The molecule has 3 fully saturated rings. The van der Waals surface area contributed by atoms with E-state index >= 15 is 0 Å². The molecule has 6 N–H and O–H groups in total. The molecule has 14 heteroatoms. The van der Waals surface area contributed by atoms with Crippen LogP contribution < -0.4 is 5.73 Å². The van der Waals surface area contributed by atoms with E-state index in [0.29, 0.717) is 13.0 Å². The number of carbonyl (C=O) groups is 1. The molecular formula is C38H73N3O11. The van der Waals surface area contributed by atoms with Crippen LogP contribution in [0.25, 0.3) is 0 Å². The van der Waals surface area contributed by atoms with Gasteiger partial charge in [-0.2, -0.15) is 0 Å². The van der Waals surface area contributed by atoms with Gasteiger partial charge in [-0.15, -0.1) is 0 Å². The van der Waals surface area contributed by atoms with E-state index in [1.807, 2.05) is 72.5 Å². The first-order chi connectivity index (χ1) is 23.9. The number of esters is 1. The van der Waals surface area contributed by atoms with Gasteiger partial charge >= 0.3 is 5.97 Å². The number of carbonyl (C=O) groups excluding carboxylic acids is 1. The Bertz CT molecular complexity index is 1150. The number of likely N-dealkylation sites (N-methyl/N-ethyl adjacent to an activating group) is 1. The minimum atomic E-state index is -1.76. The Labute approximate surface area is 312 Å². The van der Waals surface area contributed by atoms with Crippen molar-refractivity contribution in [1.82, 2.24) is 9.80 Å². The number of nitrogens with zero attached hydrogens (tertiary/aromatic N) is 2. The Hall–Kier alpha value is -1.01. The summed E-state index contributed by atoms with van der Waals surface area (Å²) >= 11 is 0. The second-order valence-corrected chi connectivity index (χ2v) is 17.2. The Morgan fingerprint density at radius 3 is 2.17 bits per heavy atom. The molecule has 0 amide bonds. The Morgan fingerprint density at radius 2 is 1.62 bits per heavy atom.